The summed E-state index contributed by atoms with van der Waals surface area (Å²) >= 11 is 5.84. The minimum atomic E-state index is -0.505. The molecule has 0 aliphatic rings. The van der Waals surface area contributed by atoms with Crippen molar-refractivity contribution in [1.29, 1.82) is 0 Å². The van der Waals surface area contributed by atoms with Gasteiger partial charge in [0.05, 0.1) is 5.92 Å². The van der Waals surface area contributed by atoms with Crippen molar-refractivity contribution < 1.29 is 9.53 Å². The highest BCUT2D eigenvalue weighted by Gasteiger charge is 2.26. The van der Waals surface area contributed by atoms with Crippen molar-refractivity contribution in [3.05, 3.63) is 11.2 Å². The van der Waals surface area contributed by atoms with E-state index in [-0.39, 0.29) is 23.0 Å². The number of nitrogen functional groups attached to an aromatic ring is 1. The lowest BCUT2D eigenvalue weighted by molar-refractivity contribution is -0.160. The topological polar surface area (TPSA) is 90.1 Å². The van der Waals surface area contributed by atoms with Crippen LogP contribution in [-0.2, 0) is 9.53 Å². The van der Waals surface area contributed by atoms with Crippen molar-refractivity contribution in [1.82, 2.24) is 9.97 Å². The van der Waals surface area contributed by atoms with Gasteiger partial charge in [-0.25, -0.2) is 4.98 Å². The van der Waals surface area contributed by atoms with Gasteiger partial charge in [0.1, 0.15) is 16.6 Å². The van der Waals surface area contributed by atoms with Crippen LogP contribution in [-0.4, -0.2) is 28.1 Å². The first-order valence-corrected chi connectivity index (χ1v) is 7.71. The van der Waals surface area contributed by atoms with E-state index in [0.29, 0.717) is 18.3 Å². The maximum absolute atomic E-state index is 12.3. The van der Waals surface area contributed by atoms with E-state index >= 15 is 0 Å². The minimum Gasteiger partial charge on any atom is -0.460 e. The van der Waals surface area contributed by atoms with E-state index in [0.717, 1.165) is 6.42 Å². The Hall–Kier alpha value is -1.56. The summed E-state index contributed by atoms with van der Waals surface area (Å²) in [5.74, 6) is 0.469. The van der Waals surface area contributed by atoms with Crippen molar-refractivity contribution in [2.75, 3.05) is 17.6 Å². The van der Waals surface area contributed by atoms with Gasteiger partial charge in [-0.05, 0) is 33.1 Å². The highest BCUT2D eigenvalue weighted by Crippen LogP contribution is 2.19. The summed E-state index contributed by atoms with van der Waals surface area (Å²) in [5.41, 5.74) is 5.05. The van der Waals surface area contributed by atoms with E-state index in [4.69, 9.17) is 22.1 Å². The van der Waals surface area contributed by atoms with Crippen LogP contribution in [0.15, 0.2) is 6.07 Å². The summed E-state index contributed by atoms with van der Waals surface area (Å²) in [5, 5.41) is 3.34. The Morgan fingerprint density at radius 1 is 1.41 bits per heavy atom. The Labute approximate surface area is 136 Å². The molecule has 0 bridgehead atoms. The second kappa shape index (κ2) is 7.63. The van der Waals surface area contributed by atoms with Gasteiger partial charge in [0.25, 0.3) is 0 Å². The molecular formula is C15H25ClN4O2. The van der Waals surface area contributed by atoms with Gasteiger partial charge in [-0.2, -0.15) is 4.98 Å². The first-order chi connectivity index (χ1) is 10.1. The number of rotatable bonds is 6. The van der Waals surface area contributed by atoms with E-state index in [1.807, 2.05) is 20.8 Å². The number of carbonyl (C=O) groups is 1. The molecule has 0 aliphatic heterocycles. The number of hydrogen-bond donors (Lipinski definition) is 2. The first-order valence-electron chi connectivity index (χ1n) is 7.33. The monoisotopic (exact) mass is 328 g/mol. The number of hydrogen-bond acceptors (Lipinski definition) is 6. The van der Waals surface area contributed by atoms with Crippen LogP contribution in [0.5, 0.6) is 0 Å². The summed E-state index contributed by atoms with van der Waals surface area (Å²) < 4.78 is 5.47. The number of nitrogens with one attached hydrogen (secondary N) is 1. The van der Waals surface area contributed by atoms with Gasteiger partial charge in [0.2, 0.25) is 5.95 Å². The summed E-state index contributed by atoms with van der Waals surface area (Å²) in [6.07, 6.45) is 0.718. The number of nitrogens with two attached hydrogens (primary N) is 1. The zero-order chi connectivity index (χ0) is 16.9. The summed E-state index contributed by atoms with van der Waals surface area (Å²) in [6, 6.07) is 1.57. The van der Waals surface area contributed by atoms with Crippen LogP contribution in [0.2, 0.25) is 5.15 Å². The highest BCUT2D eigenvalue weighted by atomic mass is 35.5. The maximum atomic E-state index is 12.3. The zero-order valence-corrected chi connectivity index (χ0v) is 14.6. The number of ether oxygens (including phenoxy) is 1. The molecule has 1 unspecified atom stereocenters. The van der Waals surface area contributed by atoms with E-state index < -0.39 is 5.60 Å². The van der Waals surface area contributed by atoms with Crippen molar-refractivity contribution in [3.63, 3.8) is 0 Å². The Balaban J connectivity index is 2.74. The van der Waals surface area contributed by atoms with Gasteiger partial charge in [0, 0.05) is 12.6 Å². The second-order valence-electron chi connectivity index (χ2n) is 6.67. The number of anilines is 2. The number of carbonyl (C=O) groups excluding carboxylic acids is 1. The van der Waals surface area contributed by atoms with Crippen LogP contribution in [0.4, 0.5) is 11.8 Å². The lowest BCUT2D eigenvalue weighted by atomic mass is 9.96. The number of nitrogens with zero attached hydrogens (tertiary/aromatic N) is 2. The van der Waals surface area contributed by atoms with Crippen molar-refractivity contribution >= 4 is 29.3 Å². The Kier molecular flexibility index (Phi) is 6.41. The summed E-state index contributed by atoms with van der Waals surface area (Å²) in [7, 11) is 0. The fourth-order valence-electron chi connectivity index (χ4n) is 1.97. The second-order valence-corrected chi connectivity index (χ2v) is 7.06. The fourth-order valence-corrected chi connectivity index (χ4v) is 2.16. The highest BCUT2D eigenvalue weighted by molar-refractivity contribution is 6.29. The number of halogens is 1. The molecular weight excluding hydrogens is 304 g/mol. The van der Waals surface area contributed by atoms with Crippen LogP contribution < -0.4 is 11.1 Å². The molecule has 0 radical (unpaired) electrons. The van der Waals surface area contributed by atoms with Gasteiger partial charge in [-0.3, -0.25) is 4.79 Å². The molecule has 0 aliphatic carbocycles. The largest absolute Gasteiger partial charge is 0.460 e. The van der Waals surface area contributed by atoms with E-state index in [1.54, 1.807) is 6.07 Å². The SMILES string of the molecule is CC(C)CC(CNc1cc(Cl)nc(N)n1)C(=O)OC(C)(C)C. The van der Waals surface area contributed by atoms with Gasteiger partial charge >= 0.3 is 5.97 Å². The molecule has 0 saturated heterocycles. The van der Waals surface area contributed by atoms with Crippen molar-refractivity contribution in [2.45, 2.75) is 46.6 Å². The molecule has 0 spiro atoms. The molecule has 1 atom stereocenters. The third kappa shape index (κ3) is 6.93. The molecule has 1 aromatic heterocycles. The Bertz CT molecular complexity index is 495. The molecule has 0 amide bonds. The van der Waals surface area contributed by atoms with E-state index in [2.05, 4.69) is 29.1 Å². The molecule has 0 saturated carbocycles. The molecule has 124 valence electrons. The number of aromatic nitrogens is 2. The predicted octanol–water partition coefficient (Wildman–Crippen LogP) is 3.13. The van der Waals surface area contributed by atoms with Crippen LogP contribution in [0, 0.1) is 11.8 Å². The third-order valence-electron chi connectivity index (χ3n) is 2.74. The standard InChI is InChI=1S/C15H25ClN4O2/c1-9(2)6-10(13(21)22-15(3,4)5)8-18-12-7-11(16)19-14(17)20-12/h7,9-10H,6,8H2,1-5H3,(H3,17,18,19,20). The van der Waals surface area contributed by atoms with Gasteiger partial charge in [0.15, 0.2) is 0 Å². The molecule has 6 nitrogen and oxygen atoms in total. The maximum Gasteiger partial charge on any atom is 0.311 e. The molecule has 3 N–H and O–H groups in total. The molecule has 0 fully saturated rings. The predicted molar refractivity (Wildman–Crippen MR) is 88.7 cm³/mol. The van der Waals surface area contributed by atoms with Gasteiger partial charge < -0.3 is 15.8 Å². The summed E-state index contributed by atoms with van der Waals surface area (Å²) in [4.78, 5) is 20.1. The van der Waals surface area contributed by atoms with Crippen LogP contribution in [0.25, 0.3) is 0 Å². The van der Waals surface area contributed by atoms with Gasteiger partial charge in [-0.15, -0.1) is 0 Å². The molecule has 1 heterocycles. The molecule has 22 heavy (non-hydrogen) atoms. The third-order valence-corrected chi connectivity index (χ3v) is 2.93. The fraction of sp³-hybridized carbons (Fsp3) is 0.667. The van der Waals surface area contributed by atoms with Crippen molar-refractivity contribution in [2.24, 2.45) is 11.8 Å². The average Bonchev–Trinajstić information content (AvgIpc) is 2.30. The first kappa shape index (κ1) is 18.5. The van der Waals surface area contributed by atoms with E-state index in [1.165, 1.54) is 0 Å². The Morgan fingerprint density at radius 3 is 2.55 bits per heavy atom. The van der Waals surface area contributed by atoms with Crippen LogP contribution in [0.3, 0.4) is 0 Å². The summed E-state index contributed by atoms with van der Waals surface area (Å²) in [6.45, 7) is 10.1. The van der Waals surface area contributed by atoms with Crippen LogP contribution in [0.1, 0.15) is 41.0 Å². The van der Waals surface area contributed by atoms with Crippen LogP contribution >= 0.6 is 11.6 Å². The van der Waals surface area contributed by atoms with E-state index in [9.17, 15) is 4.79 Å². The minimum absolute atomic E-state index is 0.0904. The van der Waals surface area contributed by atoms with Crippen molar-refractivity contribution in [3.8, 4) is 0 Å². The zero-order valence-electron chi connectivity index (χ0n) is 13.8. The molecule has 1 aromatic rings. The Morgan fingerprint density at radius 2 is 2.05 bits per heavy atom. The quantitative estimate of drug-likeness (QED) is 0.616. The smallest absolute Gasteiger partial charge is 0.311 e. The lowest BCUT2D eigenvalue weighted by Gasteiger charge is -2.25. The average molecular weight is 329 g/mol. The number of esters is 1. The lowest BCUT2D eigenvalue weighted by Crippen LogP contribution is -2.33. The molecule has 7 heteroatoms. The molecule has 0 aromatic carbocycles. The normalized spacial score (nSPS) is 13.0. The van der Waals surface area contributed by atoms with Gasteiger partial charge in [-0.1, -0.05) is 25.4 Å². The molecule has 1 rings (SSSR count).